The van der Waals surface area contributed by atoms with E-state index in [4.69, 9.17) is 9.84 Å². The third-order valence-electron chi connectivity index (χ3n) is 5.22. The highest BCUT2D eigenvalue weighted by molar-refractivity contribution is 5.82. The van der Waals surface area contributed by atoms with Gasteiger partial charge in [-0.25, -0.2) is 0 Å². The predicted molar refractivity (Wildman–Crippen MR) is 142 cm³/mol. The van der Waals surface area contributed by atoms with Crippen LogP contribution in [0.15, 0.2) is 0 Å². The van der Waals surface area contributed by atoms with Crippen LogP contribution in [0.5, 0.6) is 0 Å². The van der Waals surface area contributed by atoms with E-state index in [1.807, 2.05) is 34.6 Å². The van der Waals surface area contributed by atoms with Crippen LogP contribution < -0.4 is 5.32 Å². The van der Waals surface area contributed by atoms with Crippen molar-refractivity contribution < 1.29 is 29.0 Å². The Morgan fingerprint density at radius 2 is 1.66 bits per heavy atom. The zero-order valence-electron chi connectivity index (χ0n) is 24.1. The smallest absolute Gasteiger partial charge is 0.226 e. The lowest BCUT2D eigenvalue weighted by Crippen LogP contribution is -2.38. The molecule has 0 aliphatic heterocycles. The van der Waals surface area contributed by atoms with Crippen molar-refractivity contribution in [1.82, 2.24) is 10.2 Å². The number of hydrogen-bond donors (Lipinski definition) is 2. The van der Waals surface area contributed by atoms with E-state index in [1.165, 1.54) is 0 Å². The average molecular weight is 503 g/mol. The first kappa shape index (κ1) is 37.7. The van der Waals surface area contributed by atoms with Crippen LogP contribution in [0.1, 0.15) is 94.4 Å². The molecule has 2 amide bonds. The van der Waals surface area contributed by atoms with Crippen LogP contribution in [0, 0.1) is 17.8 Å². The second kappa shape index (κ2) is 22.7. The Kier molecular flexibility index (Phi) is 24.4. The molecular weight excluding hydrogens is 448 g/mol. The first-order valence-corrected chi connectivity index (χ1v) is 13.0. The van der Waals surface area contributed by atoms with Gasteiger partial charge < -0.3 is 24.9 Å². The molecule has 8 nitrogen and oxygen atoms in total. The SMILES string of the molecule is CC.CC(C)CCNC(=O)CCN(C)C(=O)C(CC=O)C(C)C.CCC(=O)CCOC(C)(C)CO. The van der Waals surface area contributed by atoms with Crippen LogP contribution in [0.2, 0.25) is 0 Å². The van der Waals surface area contributed by atoms with Crippen molar-refractivity contribution in [3.05, 3.63) is 0 Å². The molecule has 0 saturated carbocycles. The minimum absolute atomic E-state index is 0.0205. The number of aliphatic hydroxyl groups excluding tert-OH is 1. The number of aldehydes is 1. The van der Waals surface area contributed by atoms with Crippen molar-refractivity contribution in [3.63, 3.8) is 0 Å². The molecule has 0 bridgehead atoms. The quantitative estimate of drug-likeness (QED) is 0.308. The average Bonchev–Trinajstić information content (AvgIpc) is 2.81. The Labute approximate surface area is 214 Å². The molecule has 0 fully saturated rings. The van der Waals surface area contributed by atoms with Crippen LogP contribution in [0.25, 0.3) is 0 Å². The molecule has 208 valence electrons. The van der Waals surface area contributed by atoms with E-state index in [1.54, 1.807) is 25.8 Å². The molecule has 0 aromatic carbocycles. The second-order valence-electron chi connectivity index (χ2n) is 9.70. The fourth-order valence-corrected chi connectivity index (χ4v) is 2.68. The summed E-state index contributed by atoms with van der Waals surface area (Å²) in [5, 5.41) is 11.7. The molecule has 0 aliphatic carbocycles. The number of aliphatic hydroxyl groups is 1. The van der Waals surface area contributed by atoms with E-state index in [0.717, 1.165) is 12.7 Å². The van der Waals surface area contributed by atoms with Crippen LogP contribution in [-0.4, -0.2) is 72.8 Å². The largest absolute Gasteiger partial charge is 0.393 e. The number of carbonyl (C=O) groups excluding carboxylic acids is 4. The van der Waals surface area contributed by atoms with Crippen molar-refractivity contribution in [2.75, 3.05) is 33.4 Å². The van der Waals surface area contributed by atoms with Crippen LogP contribution in [-0.2, 0) is 23.9 Å². The fraction of sp³-hybridized carbons (Fsp3) is 0.852. The van der Waals surface area contributed by atoms with Gasteiger partial charge in [0.2, 0.25) is 11.8 Å². The zero-order valence-corrected chi connectivity index (χ0v) is 24.1. The van der Waals surface area contributed by atoms with Crippen LogP contribution in [0.4, 0.5) is 0 Å². The molecule has 35 heavy (non-hydrogen) atoms. The van der Waals surface area contributed by atoms with Gasteiger partial charge in [0.25, 0.3) is 0 Å². The van der Waals surface area contributed by atoms with E-state index in [-0.39, 0.29) is 42.5 Å². The molecule has 0 spiro atoms. The number of Topliss-reactive ketones (excluding diaryl/α,β-unsaturated/α-hetero) is 1. The van der Waals surface area contributed by atoms with Gasteiger partial charge in [0.15, 0.2) is 0 Å². The molecule has 0 aliphatic rings. The van der Waals surface area contributed by atoms with Crippen molar-refractivity contribution in [2.24, 2.45) is 17.8 Å². The van der Waals surface area contributed by atoms with Gasteiger partial charge in [0, 0.05) is 51.7 Å². The lowest BCUT2D eigenvalue weighted by atomic mass is 9.92. The Morgan fingerprint density at radius 1 is 1.09 bits per heavy atom. The van der Waals surface area contributed by atoms with Gasteiger partial charge in [-0.2, -0.15) is 0 Å². The minimum Gasteiger partial charge on any atom is -0.393 e. The van der Waals surface area contributed by atoms with Crippen molar-refractivity contribution in [1.29, 1.82) is 0 Å². The Bertz CT molecular complexity index is 576. The van der Waals surface area contributed by atoms with Crippen LogP contribution in [0.3, 0.4) is 0 Å². The highest BCUT2D eigenvalue weighted by Crippen LogP contribution is 2.16. The maximum atomic E-state index is 12.2. The summed E-state index contributed by atoms with van der Waals surface area (Å²) in [6, 6.07) is 0. The Hall–Kier alpha value is -1.80. The summed E-state index contributed by atoms with van der Waals surface area (Å²) in [7, 11) is 1.68. The summed E-state index contributed by atoms with van der Waals surface area (Å²) < 4.78 is 5.28. The molecule has 8 heteroatoms. The molecule has 0 saturated heterocycles. The molecule has 0 rings (SSSR count). The summed E-state index contributed by atoms with van der Waals surface area (Å²) in [6.07, 6.45) is 3.28. The standard InChI is InChI=1S/C16H30N2O3.C9H18O3.C2H6/c1-12(2)6-9-17-15(20)7-10-18(5)16(21)14(8-11-19)13(3)4;1-4-8(11)5-6-12-9(2,3)7-10;1-2/h11-14H,6-10H2,1-5H3,(H,17,20);10H,4-7H2,1-3H3;1-2H3. The van der Waals surface area contributed by atoms with Crippen molar-refractivity contribution in [2.45, 2.75) is 100 Å². The normalized spacial score (nSPS) is 11.6. The van der Waals surface area contributed by atoms with Gasteiger partial charge in [0.05, 0.1) is 18.8 Å². The number of ketones is 1. The maximum absolute atomic E-state index is 12.2. The molecule has 1 atom stereocenters. The summed E-state index contributed by atoms with van der Waals surface area (Å²) >= 11 is 0. The van der Waals surface area contributed by atoms with E-state index >= 15 is 0 Å². The molecule has 0 heterocycles. The predicted octanol–water partition coefficient (Wildman–Crippen LogP) is 4.03. The van der Waals surface area contributed by atoms with Gasteiger partial charge >= 0.3 is 0 Å². The van der Waals surface area contributed by atoms with Gasteiger partial charge in [-0.15, -0.1) is 0 Å². The van der Waals surface area contributed by atoms with Gasteiger partial charge in [-0.3, -0.25) is 14.4 Å². The number of nitrogens with one attached hydrogen (secondary N) is 1. The lowest BCUT2D eigenvalue weighted by Gasteiger charge is -2.24. The molecule has 0 aromatic rings. The monoisotopic (exact) mass is 502 g/mol. The molecule has 0 radical (unpaired) electrons. The third-order valence-corrected chi connectivity index (χ3v) is 5.22. The molecule has 2 N–H and O–H groups in total. The maximum Gasteiger partial charge on any atom is 0.226 e. The second-order valence-corrected chi connectivity index (χ2v) is 9.70. The number of hydrogen-bond acceptors (Lipinski definition) is 6. The van der Waals surface area contributed by atoms with Crippen LogP contribution >= 0.6 is 0 Å². The van der Waals surface area contributed by atoms with E-state index < -0.39 is 5.60 Å². The number of ether oxygens (including phenoxy) is 1. The zero-order chi connectivity index (χ0) is 28.0. The fourth-order valence-electron chi connectivity index (χ4n) is 2.68. The van der Waals surface area contributed by atoms with E-state index in [2.05, 4.69) is 19.2 Å². The minimum atomic E-state index is -0.520. The number of rotatable bonds is 16. The summed E-state index contributed by atoms with van der Waals surface area (Å²) in [5.41, 5.74) is -0.520. The highest BCUT2D eigenvalue weighted by atomic mass is 16.5. The summed E-state index contributed by atoms with van der Waals surface area (Å²) in [6.45, 7) is 18.9. The molecule has 0 aromatic heterocycles. The first-order valence-electron chi connectivity index (χ1n) is 13.0. The highest BCUT2D eigenvalue weighted by Gasteiger charge is 2.25. The number of amides is 2. The molecular formula is C27H54N2O6. The lowest BCUT2D eigenvalue weighted by molar-refractivity contribution is -0.137. The van der Waals surface area contributed by atoms with E-state index in [0.29, 0.717) is 44.9 Å². The summed E-state index contributed by atoms with van der Waals surface area (Å²) in [5.74, 6) is 0.480. The van der Waals surface area contributed by atoms with E-state index in [9.17, 15) is 19.2 Å². The topological polar surface area (TPSA) is 113 Å². The number of carbonyl (C=O) groups is 4. The summed E-state index contributed by atoms with van der Waals surface area (Å²) in [4.78, 5) is 46.9. The molecule has 1 unspecified atom stereocenters. The van der Waals surface area contributed by atoms with Gasteiger partial charge in [-0.1, -0.05) is 48.5 Å². The third kappa shape index (κ3) is 22.4. The Balaban J connectivity index is -0.000000620. The first-order chi connectivity index (χ1) is 16.3. The van der Waals surface area contributed by atoms with Gasteiger partial charge in [-0.05, 0) is 32.1 Å². The van der Waals surface area contributed by atoms with Gasteiger partial charge in [0.1, 0.15) is 12.1 Å². The van der Waals surface area contributed by atoms with Crippen molar-refractivity contribution >= 4 is 23.9 Å². The Morgan fingerprint density at radius 3 is 2.09 bits per heavy atom. The van der Waals surface area contributed by atoms with Crippen molar-refractivity contribution in [3.8, 4) is 0 Å². The number of nitrogens with zero attached hydrogens (tertiary/aromatic N) is 1.